The Kier molecular flexibility index (Phi) is 38.5. The van der Waals surface area contributed by atoms with Crippen molar-refractivity contribution in [3.8, 4) is 0 Å². The number of carboxylic acid groups (broad SMARTS) is 1. The number of aliphatic carboxylic acids is 1. The normalized spacial score (nSPS) is 10.5. The Bertz CT molecular complexity index is 457. The van der Waals surface area contributed by atoms with Crippen LogP contribution in [0.1, 0.15) is 111 Å². The number of carboxylic acids is 1. The zero-order valence-corrected chi connectivity index (χ0v) is 22.9. The predicted octanol–water partition coefficient (Wildman–Crippen LogP) is 1.13. The quantitative estimate of drug-likeness (QED) is 0.0920. The number of aliphatic hydroxyl groups excluding tert-OH is 3. The van der Waals surface area contributed by atoms with Crippen LogP contribution in [-0.4, -0.2) is 63.2 Å². The van der Waals surface area contributed by atoms with Crippen molar-refractivity contribution in [1.29, 1.82) is 0 Å². The Morgan fingerprint density at radius 2 is 0.969 bits per heavy atom. The predicted molar refractivity (Wildman–Crippen MR) is 123 cm³/mol. The second kappa shape index (κ2) is 31.2. The summed E-state index contributed by atoms with van der Waals surface area (Å²) >= 11 is 0. The molecule has 0 aliphatic heterocycles. The molecule has 9 nitrogen and oxygen atoms in total. The monoisotopic (exact) mass is 498 g/mol. The van der Waals surface area contributed by atoms with Gasteiger partial charge in [-0.1, -0.05) is 96.8 Å². The van der Waals surface area contributed by atoms with Crippen LogP contribution in [0.25, 0.3) is 0 Å². The van der Waals surface area contributed by atoms with Crippen molar-refractivity contribution < 1.29 is 73.7 Å². The van der Waals surface area contributed by atoms with Crippen LogP contribution in [0.3, 0.4) is 0 Å². The van der Waals surface area contributed by atoms with E-state index in [1.807, 2.05) is 0 Å². The molecule has 0 rings (SSSR count). The van der Waals surface area contributed by atoms with E-state index in [2.05, 4.69) is 6.92 Å². The third kappa shape index (κ3) is 57.3. The second-order valence-corrected chi connectivity index (χ2v) is 8.46. The molecule has 32 heavy (non-hydrogen) atoms. The maximum absolute atomic E-state index is 10.3. The molecule has 0 amide bonds. The summed E-state index contributed by atoms with van der Waals surface area (Å²) in [5, 5.41) is 32.5. The summed E-state index contributed by atoms with van der Waals surface area (Å²) in [5.74, 6) is -0.653. The van der Waals surface area contributed by atoms with E-state index in [0.29, 0.717) is 6.42 Å². The molecule has 0 unspecified atom stereocenters. The van der Waals surface area contributed by atoms with Gasteiger partial charge in [0.2, 0.25) is 0 Å². The largest absolute Gasteiger partial charge is 1.00 e. The van der Waals surface area contributed by atoms with Gasteiger partial charge in [0.1, 0.15) is 6.10 Å². The van der Waals surface area contributed by atoms with Gasteiger partial charge in [0.15, 0.2) is 0 Å². The molecule has 6 N–H and O–H groups in total. The number of unbranched alkanes of at least 4 members (excludes halogenated alkanes) is 14. The van der Waals surface area contributed by atoms with E-state index in [0.717, 1.165) is 12.8 Å². The van der Waals surface area contributed by atoms with Gasteiger partial charge in [0.05, 0.1) is 13.2 Å². The number of hydrogen-bond acceptors (Lipinski definition) is 6. The number of carbonyl (C=O) groups is 1. The maximum atomic E-state index is 10.3. The molecular weight excluding hydrogens is 451 g/mol. The summed E-state index contributed by atoms with van der Waals surface area (Å²) in [5.41, 5.74) is 0. The van der Waals surface area contributed by atoms with E-state index in [9.17, 15) is 4.79 Å². The number of hydrogen-bond donors (Lipinski definition) is 6. The maximum Gasteiger partial charge on any atom is 1.00 e. The molecule has 0 spiro atoms. The fraction of sp³-hybridized carbons (Fsp3) is 0.952. The molecule has 192 valence electrons. The molecule has 0 atom stereocenters. The molecule has 0 aromatic carbocycles. The van der Waals surface area contributed by atoms with E-state index in [-0.39, 0.29) is 44.2 Å². The molecule has 11 heteroatoms. The Morgan fingerprint density at radius 1 is 0.719 bits per heavy atom. The summed E-state index contributed by atoms with van der Waals surface area (Å²) in [7, 11) is -4.67. The summed E-state index contributed by atoms with van der Waals surface area (Å²) < 4.78 is 31.6. The molecule has 0 radical (unpaired) electrons. The molecule has 0 saturated heterocycles. The Hall–Kier alpha value is 0.220. The first-order chi connectivity index (χ1) is 14.6. The smallest absolute Gasteiger partial charge is 1.00 e. The Morgan fingerprint density at radius 3 is 1.16 bits per heavy atom. The minimum atomic E-state index is -4.67. The van der Waals surface area contributed by atoms with Crippen LogP contribution in [0.4, 0.5) is 0 Å². The van der Waals surface area contributed by atoms with Gasteiger partial charge in [0.25, 0.3) is 0 Å². The topological polar surface area (TPSA) is 173 Å². The molecule has 0 aliphatic rings. The fourth-order valence-corrected chi connectivity index (χ4v) is 2.71. The number of rotatable bonds is 18. The van der Waals surface area contributed by atoms with Crippen molar-refractivity contribution in [3.05, 3.63) is 0 Å². The third-order valence-corrected chi connectivity index (χ3v) is 4.42. The molecule has 0 bridgehead atoms. The van der Waals surface area contributed by atoms with Gasteiger partial charge in [-0.2, -0.15) is 8.42 Å². The standard InChI is InChI=1S/C18H36O2.C3H8O3.Na.H2O4S.H/c1-2-3-4-5-6-7-8-9-10-11-12-13-14-15-16-17-18(19)20;4-1-3(6)2-5;;1-5(2,3)4;/h2-17H2,1H3,(H,19,20);3-6H,1-2H2;;(H2,1,2,3,4);/q;;+1;;-1. The molecule has 0 fully saturated rings. The van der Waals surface area contributed by atoms with Crippen LogP contribution >= 0.6 is 0 Å². The van der Waals surface area contributed by atoms with E-state index < -0.39 is 22.5 Å². The summed E-state index contributed by atoms with van der Waals surface area (Å²) in [6, 6.07) is 0. The van der Waals surface area contributed by atoms with Crippen LogP contribution in [-0.2, 0) is 15.2 Å². The van der Waals surface area contributed by atoms with Crippen molar-refractivity contribution in [3.63, 3.8) is 0 Å². The van der Waals surface area contributed by atoms with E-state index in [1.165, 1.54) is 83.5 Å². The molecule has 0 heterocycles. The van der Waals surface area contributed by atoms with Crippen LogP contribution in [0, 0.1) is 0 Å². The van der Waals surface area contributed by atoms with Crippen molar-refractivity contribution in [2.75, 3.05) is 13.2 Å². The van der Waals surface area contributed by atoms with E-state index in [1.54, 1.807) is 0 Å². The Balaban J connectivity index is -0.000000167. The van der Waals surface area contributed by atoms with Gasteiger partial charge in [-0.25, -0.2) is 0 Å². The zero-order valence-electron chi connectivity index (χ0n) is 21.1. The van der Waals surface area contributed by atoms with Gasteiger partial charge in [-0.05, 0) is 6.42 Å². The fourth-order valence-electron chi connectivity index (χ4n) is 2.71. The molecule has 0 aliphatic carbocycles. The molecule has 0 aromatic rings. The third-order valence-electron chi connectivity index (χ3n) is 4.42. The van der Waals surface area contributed by atoms with Gasteiger partial charge in [-0.3, -0.25) is 13.9 Å². The van der Waals surface area contributed by atoms with Crippen LogP contribution in [0.5, 0.6) is 0 Å². The van der Waals surface area contributed by atoms with Gasteiger partial charge in [0, 0.05) is 6.42 Å². The Labute approximate surface area is 218 Å². The summed E-state index contributed by atoms with van der Waals surface area (Å²) in [6.45, 7) is 1.54. The van der Waals surface area contributed by atoms with Crippen molar-refractivity contribution >= 4 is 16.4 Å². The first kappa shape index (κ1) is 39.4. The van der Waals surface area contributed by atoms with E-state index >= 15 is 0 Å². The zero-order chi connectivity index (χ0) is 24.4. The molecular formula is C21H47NaO9S. The van der Waals surface area contributed by atoms with Gasteiger partial charge >= 0.3 is 45.9 Å². The first-order valence-electron chi connectivity index (χ1n) is 11.4. The van der Waals surface area contributed by atoms with E-state index in [4.69, 9.17) is 37.9 Å². The number of aliphatic hydroxyl groups is 3. The molecule has 0 aromatic heterocycles. The van der Waals surface area contributed by atoms with Crippen molar-refractivity contribution in [1.82, 2.24) is 0 Å². The van der Waals surface area contributed by atoms with Crippen molar-refractivity contribution in [2.24, 2.45) is 0 Å². The van der Waals surface area contributed by atoms with Gasteiger partial charge in [-0.15, -0.1) is 0 Å². The summed E-state index contributed by atoms with van der Waals surface area (Å²) in [6.07, 6.45) is 19.2. The van der Waals surface area contributed by atoms with Crippen LogP contribution in [0.2, 0.25) is 0 Å². The average Bonchev–Trinajstić information content (AvgIpc) is 2.69. The molecule has 0 saturated carbocycles. The average molecular weight is 499 g/mol. The van der Waals surface area contributed by atoms with Crippen LogP contribution in [0.15, 0.2) is 0 Å². The minimum absolute atomic E-state index is 0. The van der Waals surface area contributed by atoms with Crippen LogP contribution < -0.4 is 29.6 Å². The van der Waals surface area contributed by atoms with Gasteiger partial charge < -0.3 is 21.9 Å². The summed E-state index contributed by atoms with van der Waals surface area (Å²) in [4.78, 5) is 10.3. The van der Waals surface area contributed by atoms with Crippen molar-refractivity contribution in [2.45, 2.75) is 116 Å². The first-order valence-corrected chi connectivity index (χ1v) is 12.8. The minimum Gasteiger partial charge on any atom is -1.00 e. The second-order valence-electron chi connectivity index (χ2n) is 7.56. The SMILES string of the molecule is CCCCCCCCCCCCCCCCCC(=O)O.O=S(=O)(O)O.OCC(O)CO.[H-].[Na+].